The minimum Gasteiger partial charge on any atom is -0.465 e. The van der Waals surface area contributed by atoms with Crippen molar-refractivity contribution in [2.75, 3.05) is 12.9 Å². The molecule has 7 nitrogen and oxygen atoms in total. The summed E-state index contributed by atoms with van der Waals surface area (Å²) in [5.74, 6) is -0.728. The lowest BCUT2D eigenvalue weighted by molar-refractivity contribution is -0.143. The van der Waals surface area contributed by atoms with E-state index in [-0.39, 0.29) is 24.0 Å². The highest BCUT2D eigenvalue weighted by Crippen LogP contribution is 2.22. The lowest BCUT2D eigenvalue weighted by atomic mass is 10.3. The molecule has 25 heavy (non-hydrogen) atoms. The Balaban J connectivity index is 2.63. The Morgan fingerprint density at radius 2 is 2.00 bits per heavy atom. The first-order chi connectivity index (χ1) is 11.8. The third-order valence-electron chi connectivity index (χ3n) is 3.36. The molecular formula is C16H20N2O5S2. The second-order valence-electron chi connectivity index (χ2n) is 5.43. The fourth-order valence-electron chi connectivity index (χ4n) is 2.23. The van der Waals surface area contributed by atoms with Crippen molar-refractivity contribution in [3.05, 3.63) is 23.0 Å². The SMILES string of the molecule is CCCC(=O)N=c1sc2cc(S(C)(=O)=O)ccc2n1CC(=O)OCC. The number of carbonyl (C=O) groups is 2. The van der Waals surface area contributed by atoms with E-state index >= 15 is 0 Å². The number of aromatic nitrogens is 1. The summed E-state index contributed by atoms with van der Waals surface area (Å²) < 4.78 is 30.7. The maximum atomic E-state index is 11.9. The zero-order valence-corrected chi connectivity index (χ0v) is 15.9. The molecule has 0 radical (unpaired) electrons. The van der Waals surface area contributed by atoms with E-state index in [2.05, 4.69) is 4.99 Å². The lowest BCUT2D eigenvalue weighted by Gasteiger charge is -2.05. The average molecular weight is 384 g/mol. The molecule has 0 aliphatic heterocycles. The van der Waals surface area contributed by atoms with Gasteiger partial charge in [-0.3, -0.25) is 9.59 Å². The summed E-state index contributed by atoms with van der Waals surface area (Å²) >= 11 is 1.17. The third kappa shape index (κ3) is 4.76. The predicted molar refractivity (Wildman–Crippen MR) is 95.0 cm³/mol. The molecule has 1 aromatic heterocycles. The van der Waals surface area contributed by atoms with Crippen molar-refractivity contribution in [3.63, 3.8) is 0 Å². The molecule has 0 saturated carbocycles. The monoisotopic (exact) mass is 384 g/mol. The van der Waals surface area contributed by atoms with Crippen LogP contribution in [0, 0.1) is 0 Å². The molecule has 1 heterocycles. The first kappa shape index (κ1) is 19.3. The second-order valence-corrected chi connectivity index (χ2v) is 8.46. The van der Waals surface area contributed by atoms with Crippen molar-refractivity contribution in [2.24, 2.45) is 4.99 Å². The minimum absolute atomic E-state index is 0.0930. The molecule has 0 unspecified atom stereocenters. The number of benzene rings is 1. The quantitative estimate of drug-likeness (QED) is 0.709. The number of sulfone groups is 1. The summed E-state index contributed by atoms with van der Waals surface area (Å²) in [6.07, 6.45) is 2.11. The molecule has 2 rings (SSSR count). The third-order valence-corrected chi connectivity index (χ3v) is 5.51. The van der Waals surface area contributed by atoms with Gasteiger partial charge in [0.2, 0.25) is 5.91 Å². The summed E-state index contributed by atoms with van der Waals surface area (Å²) in [6, 6.07) is 4.62. The summed E-state index contributed by atoms with van der Waals surface area (Å²) in [4.78, 5) is 28.4. The van der Waals surface area contributed by atoms with Crippen LogP contribution in [0.1, 0.15) is 26.7 Å². The van der Waals surface area contributed by atoms with Crippen molar-refractivity contribution in [3.8, 4) is 0 Å². The van der Waals surface area contributed by atoms with Crippen LogP contribution in [-0.4, -0.2) is 37.7 Å². The topological polar surface area (TPSA) is 94.8 Å². The van der Waals surface area contributed by atoms with Gasteiger partial charge in [0.1, 0.15) is 6.54 Å². The van der Waals surface area contributed by atoms with E-state index in [1.54, 1.807) is 17.6 Å². The van der Waals surface area contributed by atoms with Crippen molar-refractivity contribution in [1.82, 2.24) is 4.57 Å². The number of ether oxygens (including phenoxy) is 1. The number of nitrogens with zero attached hydrogens (tertiary/aromatic N) is 2. The summed E-state index contributed by atoms with van der Waals surface area (Å²) in [7, 11) is -3.35. The molecular weight excluding hydrogens is 364 g/mol. The van der Waals surface area contributed by atoms with Gasteiger partial charge in [-0.25, -0.2) is 8.42 Å². The van der Waals surface area contributed by atoms with Crippen LogP contribution in [-0.2, 0) is 30.7 Å². The number of carbonyl (C=O) groups excluding carboxylic acids is 2. The molecule has 2 aromatic rings. The molecule has 0 atom stereocenters. The van der Waals surface area contributed by atoms with Crippen LogP contribution in [0.15, 0.2) is 28.1 Å². The van der Waals surface area contributed by atoms with E-state index in [0.717, 1.165) is 6.26 Å². The molecule has 0 saturated heterocycles. The maximum absolute atomic E-state index is 11.9. The molecule has 1 aromatic carbocycles. The van der Waals surface area contributed by atoms with Crippen LogP contribution in [0.3, 0.4) is 0 Å². The van der Waals surface area contributed by atoms with Gasteiger partial charge in [-0.15, -0.1) is 0 Å². The zero-order valence-electron chi connectivity index (χ0n) is 14.3. The summed E-state index contributed by atoms with van der Waals surface area (Å²) in [5.41, 5.74) is 0.633. The van der Waals surface area contributed by atoms with Crippen LogP contribution in [0.25, 0.3) is 10.2 Å². The number of hydrogen-bond acceptors (Lipinski definition) is 6. The second kappa shape index (κ2) is 7.92. The van der Waals surface area contributed by atoms with E-state index in [9.17, 15) is 18.0 Å². The maximum Gasteiger partial charge on any atom is 0.326 e. The largest absolute Gasteiger partial charge is 0.465 e. The van der Waals surface area contributed by atoms with Gasteiger partial charge >= 0.3 is 5.97 Å². The predicted octanol–water partition coefficient (Wildman–Crippen LogP) is 1.90. The van der Waals surface area contributed by atoms with Crippen molar-refractivity contribution in [2.45, 2.75) is 38.1 Å². The Kier molecular flexibility index (Phi) is 6.12. The van der Waals surface area contributed by atoms with Crippen molar-refractivity contribution in [1.29, 1.82) is 0 Å². The molecule has 0 fully saturated rings. The van der Waals surface area contributed by atoms with Gasteiger partial charge in [0.25, 0.3) is 0 Å². The first-order valence-electron chi connectivity index (χ1n) is 7.83. The molecule has 0 N–H and O–H groups in total. The Morgan fingerprint density at radius 1 is 1.28 bits per heavy atom. The fourth-order valence-corrected chi connectivity index (χ4v) is 4.04. The molecule has 136 valence electrons. The van der Waals surface area contributed by atoms with E-state index in [1.807, 2.05) is 6.92 Å². The van der Waals surface area contributed by atoms with E-state index < -0.39 is 15.8 Å². The van der Waals surface area contributed by atoms with Gasteiger partial charge in [0.05, 0.1) is 21.7 Å². The number of thiazole rings is 1. The van der Waals surface area contributed by atoms with Crippen LogP contribution in [0.5, 0.6) is 0 Å². The Bertz CT molecular complexity index is 970. The Hall–Kier alpha value is -2.00. The number of amides is 1. The highest BCUT2D eigenvalue weighted by atomic mass is 32.2. The molecule has 0 aliphatic carbocycles. The van der Waals surface area contributed by atoms with E-state index in [0.29, 0.717) is 27.9 Å². The van der Waals surface area contributed by atoms with Gasteiger partial charge in [-0.2, -0.15) is 4.99 Å². The van der Waals surface area contributed by atoms with Crippen LogP contribution in [0.4, 0.5) is 0 Å². The van der Waals surface area contributed by atoms with Gasteiger partial charge in [0.15, 0.2) is 14.6 Å². The van der Waals surface area contributed by atoms with Crippen molar-refractivity contribution >= 4 is 43.3 Å². The highest BCUT2D eigenvalue weighted by Gasteiger charge is 2.15. The number of hydrogen-bond donors (Lipinski definition) is 0. The smallest absolute Gasteiger partial charge is 0.326 e. The van der Waals surface area contributed by atoms with E-state index in [1.165, 1.54) is 23.5 Å². The van der Waals surface area contributed by atoms with Gasteiger partial charge in [-0.1, -0.05) is 18.3 Å². The highest BCUT2D eigenvalue weighted by molar-refractivity contribution is 7.90. The van der Waals surface area contributed by atoms with Crippen LogP contribution < -0.4 is 4.80 Å². The zero-order chi connectivity index (χ0) is 18.6. The van der Waals surface area contributed by atoms with E-state index in [4.69, 9.17) is 4.74 Å². The number of esters is 1. The van der Waals surface area contributed by atoms with Crippen molar-refractivity contribution < 1.29 is 22.7 Å². The van der Waals surface area contributed by atoms with Gasteiger partial charge in [-0.05, 0) is 31.5 Å². The minimum atomic E-state index is -3.35. The fraction of sp³-hybridized carbons (Fsp3) is 0.438. The molecule has 1 amide bonds. The standard InChI is InChI=1S/C16H20N2O5S2/c1-4-6-14(19)17-16-18(10-15(20)23-5-2)12-8-7-11(25(3,21)22)9-13(12)24-16/h7-9H,4-6,10H2,1-3H3. The number of fused-ring (bicyclic) bond motifs is 1. The normalized spacial score (nSPS) is 12.5. The van der Waals surface area contributed by atoms with Crippen LogP contribution >= 0.6 is 11.3 Å². The van der Waals surface area contributed by atoms with Gasteiger partial charge < -0.3 is 9.30 Å². The first-order valence-corrected chi connectivity index (χ1v) is 10.5. The molecule has 9 heteroatoms. The Morgan fingerprint density at radius 3 is 2.60 bits per heavy atom. The lowest BCUT2D eigenvalue weighted by Crippen LogP contribution is -2.23. The Labute approximate surface area is 149 Å². The van der Waals surface area contributed by atoms with Crippen LogP contribution in [0.2, 0.25) is 0 Å². The molecule has 0 bridgehead atoms. The summed E-state index contributed by atoms with van der Waals surface area (Å²) in [5, 5.41) is 0. The molecule has 0 spiro atoms. The molecule has 0 aliphatic rings. The summed E-state index contributed by atoms with van der Waals surface area (Å²) in [6.45, 7) is 3.75. The number of rotatable bonds is 6. The average Bonchev–Trinajstić information content (AvgIpc) is 2.83. The van der Waals surface area contributed by atoms with Gasteiger partial charge in [0, 0.05) is 12.7 Å².